The summed E-state index contributed by atoms with van der Waals surface area (Å²) in [6.45, 7) is 3.92. The quantitative estimate of drug-likeness (QED) is 0.191. The molecule has 0 atom stereocenters. The standard InChI is InChI=1S/C32H27N3S/c1-23-16-18-26(19-17-23)30(35-21-20-24-10-8-9-15-28(24)22-35)34-32-29(25-11-4-2-5-12-25)33-31(36-32)27-13-6-3-7-14-27/h2-19H,20-22H2,1H3/b34-30+. The first-order valence-corrected chi connectivity index (χ1v) is 13.2. The lowest BCUT2D eigenvalue weighted by Gasteiger charge is -2.31. The number of aliphatic imine (C=N–C) groups is 1. The van der Waals surface area contributed by atoms with Gasteiger partial charge in [-0.25, -0.2) is 9.98 Å². The van der Waals surface area contributed by atoms with Crippen LogP contribution in [0.1, 0.15) is 22.3 Å². The first kappa shape index (κ1) is 22.4. The van der Waals surface area contributed by atoms with Crippen LogP contribution in [-0.4, -0.2) is 22.3 Å². The number of rotatable bonds is 4. The van der Waals surface area contributed by atoms with Gasteiger partial charge in [0.1, 0.15) is 21.5 Å². The van der Waals surface area contributed by atoms with Crippen LogP contribution in [-0.2, 0) is 13.0 Å². The minimum Gasteiger partial charge on any atom is -0.351 e. The second kappa shape index (κ2) is 9.92. The Morgan fingerprint density at radius 2 is 1.39 bits per heavy atom. The third kappa shape index (κ3) is 4.60. The van der Waals surface area contributed by atoms with Gasteiger partial charge < -0.3 is 4.90 Å². The van der Waals surface area contributed by atoms with E-state index in [4.69, 9.17) is 9.98 Å². The summed E-state index contributed by atoms with van der Waals surface area (Å²) in [7, 11) is 0. The maximum absolute atomic E-state index is 5.38. The molecule has 4 heteroatoms. The number of amidine groups is 1. The number of hydrogen-bond donors (Lipinski definition) is 0. The molecule has 0 aliphatic carbocycles. The fraction of sp³-hybridized carbons (Fsp3) is 0.125. The third-order valence-electron chi connectivity index (χ3n) is 6.62. The molecule has 6 rings (SSSR count). The van der Waals surface area contributed by atoms with Gasteiger partial charge in [0.15, 0.2) is 0 Å². The van der Waals surface area contributed by atoms with E-state index in [9.17, 15) is 0 Å². The molecule has 4 aromatic carbocycles. The lowest BCUT2D eigenvalue weighted by atomic mass is 9.99. The van der Waals surface area contributed by atoms with E-state index in [-0.39, 0.29) is 0 Å². The smallest absolute Gasteiger partial charge is 0.146 e. The monoisotopic (exact) mass is 485 g/mol. The Labute approximate surface area is 216 Å². The van der Waals surface area contributed by atoms with Crippen LogP contribution >= 0.6 is 11.3 Å². The number of hydrogen-bond acceptors (Lipinski definition) is 3. The maximum atomic E-state index is 5.38. The third-order valence-corrected chi connectivity index (χ3v) is 7.62. The number of fused-ring (bicyclic) bond motifs is 1. The zero-order chi connectivity index (χ0) is 24.3. The highest BCUT2D eigenvalue weighted by atomic mass is 32.1. The van der Waals surface area contributed by atoms with Crippen molar-refractivity contribution < 1.29 is 0 Å². The van der Waals surface area contributed by atoms with Gasteiger partial charge in [-0.3, -0.25) is 0 Å². The highest BCUT2D eigenvalue weighted by molar-refractivity contribution is 7.19. The molecule has 0 amide bonds. The predicted molar refractivity (Wildman–Crippen MR) is 151 cm³/mol. The molecule has 36 heavy (non-hydrogen) atoms. The van der Waals surface area contributed by atoms with Crippen molar-refractivity contribution >= 4 is 22.2 Å². The zero-order valence-electron chi connectivity index (χ0n) is 20.3. The first-order chi connectivity index (χ1) is 17.7. The summed E-state index contributed by atoms with van der Waals surface area (Å²) in [6, 6.07) is 38.3. The van der Waals surface area contributed by atoms with Crippen LogP contribution in [0, 0.1) is 6.92 Å². The number of aryl methyl sites for hydroxylation is 1. The minimum atomic E-state index is 0.855. The summed E-state index contributed by atoms with van der Waals surface area (Å²) < 4.78 is 0. The summed E-state index contributed by atoms with van der Waals surface area (Å²) in [5.41, 5.74) is 8.32. The van der Waals surface area contributed by atoms with Crippen molar-refractivity contribution in [2.45, 2.75) is 19.9 Å². The van der Waals surface area contributed by atoms with Crippen molar-refractivity contribution in [2.75, 3.05) is 6.54 Å². The molecule has 0 saturated heterocycles. The highest BCUT2D eigenvalue weighted by Gasteiger charge is 2.22. The molecule has 0 unspecified atom stereocenters. The van der Waals surface area contributed by atoms with E-state index in [1.54, 1.807) is 11.3 Å². The van der Waals surface area contributed by atoms with Crippen LogP contribution in [0.4, 0.5) is 5.00 Å². The largest absolute Gasteiger partial charge is 0.351 e. The van der Waals surface area contributed by atoms with Gasteiger partial charge in [0, 0.05) is 29.8 Å². The molecule has 0 saturated carbocycles. The van der Waals surface area contributed by atoms with Crippen LogP contribution in [0.25, 0.3) is 21.8 Å². The molecule has 0 radical (unpaired) electrons. The van der Waals surface area contributed by atoms with Crippen molar-refractivity contribution in [3.63, 3.8) is 0 Å². The molecule has 0 N–H and O–H groups in total. The molecule has 1 aliphatic heterocycles. The van der Waals surface area contributed by atoms with Gasteiger partial charge >= 0.3 is 0 Å². The molecule has 0 spiro atoms. The summed E-state index contributed by atoms with van der Waals surface area (Å²) in [4.78, 5) is 12.9. The minimum absolute atomic E-state index is 0.855. The molecule has 2 heterocycles. The first-order valence-electron chi connectivity index (χ1n) is 12.3. The van der Waals surface area contributed by atoms with E-state index >= 15 is 0 Å². The fourth-order valence-corrected chi connectivity index (χ4v) is 5.64. The van der Waals surface area contributed by atoms with Crippen LogP contribution < -0.4 is 0 Å². The molecule has 0 bridgehead atoms. The van der Waals surface area contributed by atoms with E-state index in [1.807, 2.05) is 12.1 Å². The summed E-state index contributed by atoms with van der Waals surface area (Å²) in [5.74, 6) is 1.00. The molecule has 176 valence electrons. The van der Waals surface area contributed by atoms with E-state index in [0.29, 0.717) is 0 Å². The van der Waals surface area contributed by atoms with Crippen molar-refractivity contribution in [3.8, 4) is 21.8 Å². The number of benzene rings is 4. The van der Waals surface area contributed by atoms with Crippen LogP contribution in [0.15, 0.2) is 114 Å². The normalized spacial score (nSPS) is 13.5. The van der Waals surface area contributed by atoms with Crippen molar-refractivity contribution in [1.82, 2.24) is 9.88 Å². The zero-order valence-corrected chi connectivity index (χ0v) is 21.1. The number of nitrogens with zero attached hydrogens (tertiary/aromatic N) is 3. The van der Waals surface area contributed by atoms with Gasteiger partial charge in [-0.15, -0.1) is 0 Å². The molecular weight excluding hydrogens is 458 g/mol. The average molecular weight is 486 g/mol. The summed E-state index contributed by atoms with van der Waals surface area (Å²) >= 11 is 1.66. The van der Waals surface area contributed by atoms with E-state index in [0.717, 1.165) is 57.7 Å². The number of thiazole rings is 1. The van der Waals surface area contributed by atoms with Gasteiger partial charge in [-0.1, -0.05) is 126 Å². The van der Waals surface area contributed by atoms with Gasteiger partial charge in [0.05, 0.1) is 0 Å². The SMILES string of the molecule is Cc1ccc(/C(=N\c2sc(-c3ccccc3)nc2-c2ccccc2)N2CCc3ccccc3C2)cc1. The Kier molecular flexibility index (Phi) is 6.18. The van der Waals surface area contributed by atoms with Crippen LogP contribution in [0.2, 0.25) is 0 Å². The Morgan fingerprint density at radius 3 is 2.11 bits per heavy atom. The Balaban J connectivity index is 1.50. The molecule has 5 aromatic rings. The van der Waals surface area contributed by atoms with Crippen molar-refractivity contribution in [2.24, 2.45) is 4.99 Å². The maximum Gasteiger partial charge on any atom is 0.146 e. The van der Waals surface area contributed by atoms with Gasteiger partial charge in [0.25, 0.3) is 0 Å². The molecule has 1 aromatic heterocycles. The lowest BCUT2D eigenvalue weighted by molar-refractivity contribution is 0.395. The Hall–Kier alpha value is -4.02. The predicted octanol–water partition coefficient (Wildman–Crippen LogP) is 7.92. The second-order valence-electron chi connectivity index (χ2n) is 9.15. The average Bonchev–Trinajstić information content (AvgIpc) is 3.37. The Bertz CT molecular complexity index is 1500. The van der Waals surface area contributed by atoms with Gasteiger partial charge in [-0.05, 0) is 24.5 Å². The van der Waals surface area contributed by atoms with Crippen molar-refractivity contribution in [1.29, 1.82) is 0 Å². The summed E-state index contributed by atoms with van der Waals surface area (Å²) in [6.07, 6.45) is 1.02. The molecule has 1 aliphatic rings. The fourth-order valence-electron chi connectivity index (χ4n) is 4.67. The lowest BCUT2D eigenvalue weighted by Crippen LogP contribution is -2.36. The van der Waals surface area contributed by atoms with Crippen LogP contribution in [0.5, 0.6) is 0 Å². The number of aromatic nitrogens is 1. The van der Waals surface area contributed by atoms with E-state index < -0.39 is 0 Å². The molecule has 3 nitrogen and oxygen atoms in total. The summed E-state index contributed by atoms with van der Waals surface area (Å²) in [5, 5.41) is 1.93. The molecule has 0 fully saturated rings. The topological polar surface area (TPSA) is 28.5 Å². The van der Waals surface area contributed by atoms with Crippen LogP contribution in [0.3, 0.4) is 0 Å². The van der Waals surface area contributed by atoms with Gasteiger partial charge in [0.2, 0.25) is 0 Å². The van der Waals surface area contributed by atoms with Gasteiger partial charge in [-0.2, -0.15) is 0 Å². The van der Waals surface area contributed by atoms with Crippen molar-refractivity contribution in [3.05, 3.63) is 131 Å². The second-order valence-corrected chi connectivity index (χ2v) is 10.1. The van der Waals surface area contributed by atoms with E-state index in [2.05, 4.69) is 109 Å². The highest BCUT2D eigenvalue weighted by Crippen LogP contribution is 2.40. The van der Waals surface area contributed by atoms with E-state index in [1.165, 1.54) is 16.7 Å². The Morgan fingerprint density at radius 1 is 0.750 bits per heavy atom. The molecular formula is C32H27N3S.